The number of aromatic nitrogens is 8. The van der Waals surface area contributed by atoms with Crippen molar-refractivity contribution in [3.8, 4) is 90.3 Å². The average Bonchev–Trinajstić information content (AvgIpc) is 1.60. The first-order valence-electron chi connectivity index (χ1n) is 33.8. The molecule has 20 rings (SSSR count). The van der Waals surface area contributed by atoms with E-state index in [0.717, 1.165) is 55.8 Å². The summed E-state index contributed by atoms with van der Waals surface area (Å²) in [6.45, 7) is 0. The number of benzene rings is 14. The Morgan fingerprint density at radius 1 is 0.170 bits per heavy atom. The lowest BCUT2D eigenvalue weighted by molar-refractivity contribution is 0.992. The van der Waals surface area contributed by atoms with Gasteiger partial charge in [-0.1, -0.05) is 237 Å². The van der Waals surface area contributed by atoms with Gasteiger partial charge in [0.15, 0.2) is 0 Å². The Hall–Kier alpha value is -13.6. The number of para-hydroxylation sites is 6. The van der Waals surface area contributed by atoms with Crippen molar-refractivity contribution >= 4 is 87.2 Å². The number of hydrogen-bond acceptors (Lipinski definition) is 4. The second-order valence-corrected chi connectivity index (χ2v) is 25.4. The SMILES string of the molecule is c1ccc(-c2ccc(-c3cccc(-c4ccnc(-n5c6ccccc6c6cc(-c7ccc8c(c7)c7ccccc7n8-c7ccccc7)ccc65)n4)c3)cc2)cc1.c1ccc(-c2ccnc(-n3c4ccccc4c4cc(-c5ccc6c(c5)c5ccccc5n6-c5ccccc5)ccc43)n2)cc1. The van der Waals surface area contributed by atoms with Crippen molar-refractivity contribution in [2.24, 2.45) is 0 Å². The fraction of sp³-hybridized carbons (Fsp3) is 0. The zero-order chi connectivity index (χ0) is 66.0. The van der Waals surface area contributed by atoms with Gasteiger partial charge in [-0.25, -0.2) is 19.9 Å². The standard InChI is InChI=1S/C52H34N4.C40H26N4/c1-3-12-35(13-4-1)36-22-24-37(25-23-36)38-14-11-15-41(32-38)47-30-31-53-52(54-47)56-49-21-10-8-19-44(49)46-34-40(27-29-51(46)56)39-26-28-50-45(33-39)43-18-7-9-20-48(43)55(50)42-16-5-2-6-17-42;1-3-11-27(12-4-1)35-23-24-41-40(42-35)44-37-18-10-8-16-32(37)34-26-29(20-22-39(34)44)28-19-21-38-33(25-28)31-15-7-9-17-36(31)43(38)30-13-5-2-6-14-30/h1-34H;1-26H. The third-order valence-electron chi connectivity index (χ3n) is 19.6. The molecule has 20 aromatic rings. The molecule has 0 aliphatic rings. The maximum absolute atomic E-state index is 5.19. The molecule has 468 valence electrons. The molecule has 6 aromatic heterocycles. The first kappa shape index (κ1) is 57.9. The van der Waals surface area contributed by atoms with Crippen molar-refractivity contribution in [3.05, 3.63) is 364 Å². The Kier molecular flexibility index (Phi) is 14.0. The van der Waals surface area contributed by atoms with Gasteiger partial charge >= 0.3 is 0 Å². The van der Waals surface area contributed by atoms with Crippen LogP contribution in [0.4, 0.5) is 0 Å². The Balaban J connectivity index is 0.000000143. The molecule has 0 saturated carbocycles. The van der Waals surface area contributed by atoms with E-state index < -0.39 is 0 Å². The second-order valence-electron chi connectivity index (χ2n) is 25.4. The molecule has 0 spiro atoms. The van der Waals surface area contributed by atoms with Gasteiger partial charge in [0.2, 0.25) is 11.9 Å². The molecule has 0 bridgehead atoms. The van der Waals surface area contributed by atoms with E-state index in [1.807, 2.05) is 48.8 Å². The molecule has 0 saturated heterocycles. The number of nitrogens with zero attached hydrogens (tertiary/aromatic N) is 8. The molecule has 0 aliphatic heterocycles. The minimum absolute atomic E-state index is 0.647. The lowest BCUT2D eigenvalue weighted by Gasteiger charge is -2.10. The molecule has 0 amide bonds. The van der Waals surface area contributed by atoms with Crippen molar-refractivity contribution in [3.63, 3.8) is 0 Å². The monoisotopic (exact) mass is 1280 g/mol. The maximum Gasteiger partial charge on any atom is 0.235 e. The zero-order valence-electron chi connectivity index (χ0n) is 54.2. The molecule has 0 atom stereocenters. The van der Waals surface area contributed by atoms with Crippen molar-refractivity contribution < 1.29 is 0 Å². The Bertz CT molecular complexity index is 6510. The summed E-state index contributed by atoms with van der Waals surface area (Å²) in [5, 5.41) is 9.67. The van der Waals surface area contributed by atoms with E-state index in [1.54, 1.807) is 0 Å². The first-order chi connectivity index (χ1) is 49.6. The highest BCUT2D eigenvalue weighted by atomic mass is 15.2. The Morgan fingerprint density at radius 2 is 0.440 bits per heavy atom. The summed E-state index contributed by atoms with van der Waals surface area (Å²) >= 11 is 0. The minimum atomic E-state index is 0.647. The molecule has 0 unspecified atom stereocenters. The van der Waals surface area contributed by atoms with Gasteiger partial charge in [0.05, 0.1) is 55.5 Å². The fourth-order valence-electron chi connectivity index (χ4n) is 14.9. The summed E-state index contributed by atoms with van der Waals surface area (Å²) in [6, 6.07) is 125. The number of fused-ring (bicyclic) bond motifs is 12. The topological polar surface area (TPSA) is 71.3 Å². The Morgan fingerprint density at radius 3 is 0.850 bits per heavy atom. The second kappa shape index (κ2) is 24.3. The molecule has 0 N–H and O–H groups in total. The largest absolute Gasteiger partial charge is 0.309 e. The van der Waals surface area contributed by atoms with Crippen LogP contribution in [0.3, 0.4) is 0 Å². The smallest absolute Gasteiger partial charge is 0.235 e. The predicted molar refractivity (Wildman–Crippen MR) is 414 cm³/mol. The molecule has 0 aliphatic carbocycles. The Labute approximate surface area is 576 Å². The van der Waals surface area contributed by atoms with Crippen molar-refractivity contribution in [2.75, 3.05) is 0 Å². The molecule has 14 aromatic carbocycles. The van der Waals surface area contributed by atoms with Crippen LogP contribution in [-0.4, -0.2) is 38.2 Å². The minimum Gasteiger partial charge on any atom is -0.309 e. The van der Waals surface area contributed by atoms with Gasteiger partial charge < -0.3 is 9.13 Å². The van der Waals surface area contributed by atoms with Crippen LogP contribution >= 0.6 is 0 Å². The van der Waals surface area contributed by atoms with E-state index >= 15 is 0 Å². The normalized spacial score (nSPS) is 11.6. The van der Waals surface area contributed by atoms with E-state index in [2.05, 4.69) is 334 Å². The highest BCUT2D eigenvalue weighted by Crippen LogP contribution is 2.41. The summed E-state index contributed by atoms with van der Waals surface area (Å²) < 4.78 is 9.09. The maximum atomic E-state index is 5.19. The highest BCUT2D eigenvalue weighted by molar-refractivity contribution is 6.15. The van der Waals surface area contributed by atoms with Crippen LogP contribution < -0.4 is 0 Å². The van der Waals surface area contributed by atoms with E-state index in [0.29, 0.717) is 11.9 Å². The van der Waals surface area contributed by atoms with Crippen molar-refractivity contribution in [1.29, 1.82) is 0 Å². The zero-order valence-corrected chi connectivity index (χ0v) is 54.2. The predicted octanol–water partition coefficient (Wildman–Crippen LogP) is 23.3. The van der Waals surface area contributed by atoms with Gasteiger partial charge in [-0.05, 0) is 160 Å². The van der Waals surface area contributed by atoms with E-state index in [-0.39, 0.29) is 0 Å². The van der Waals surface area contributed by atoms with Crippen LogP contribution in [0.2, 0.25) is 0 Å². The van der Waals surface area contributed by atoms with Gasteiger partial charge in [0, 0.05) is 78.0 Å². The van der Waals surface area contributed by atoms with Gasteiger partial charge in [-0.15, -0.1) is 0 Å². The van der Waals surface area contributed by atoms with Gasteiger partial charge in [-0.2, -0.15) is 0 Å². The lowest BCUT2D eigenvalue weighted by atomic mass is 9.98. The first-order valence-corrected chi connectivity index (χ1v) is 33.8. The summed E-state index contributed by atoms with van der Waals surface area (Å²) in [6.07, 6.45) is 3.72. The van der Waals surface area contributed by atoms with Crippen molar-refractivity contribution in [1.82, 2.24) is 38.2 Å². The van der Waals surface area contributed by atoms with Gasteiger partial charge in [0.1, 0.15) is 0 Å². The quantitative estimate of drug-likeness (QED) is 0.137. The van der Waals surface area contributed by atoms with Crippen LogP contribution in [0, 0.1) is 0 Å². The van der Waals surface area contributed by atoms with Crippen LogP contribution in [-0.2, 0) is 0 Å². The molecule has 0 fully saturated rings. The molecular weight excluding hydrogens is 1220 g/mol. The van der Waals surface area contributed by atoms with Crippen LogP contribution in [0.25, 0.3) is 178 Å². The summed E-state index contributed by atoms with van der Waals surface area (Å²) in [4.78, 5) is 19.8. The molecule has 6 heterocycles. The lowest BCUT2D eigenvalue weighted by Crippen LogP contribution is -2.01. The third kappa shape index (κ3) is 10.0. The van der Waals surface area contributed by atoms with E-state index in [1.165, 1.54) is 110 Å². The molecular formula is C92H60N8. The summed E-state index contributed by atoms with van der Waals surface area (Å²) in [5.41, 5.74) is 24.8. The van der Waals surface area contributed by atoms with Crippen molar-refractivity contribution in [2.45, 2.75) is 0 Å². The molecule has 100 heavy (non-hydrogen) atoms. The molecule has 8 heteroatoms. The van der Waals surface area contributed by atoms with Gasteiger partial charge in [-0.3, -0.25) is 9.13 Å². The molecule has 8 nitrogen and oxygen atoms in total. The highest BCUT2D eigenvalue weighted by Gasteiger charge is 2.21. The van der Waals surface area contributed by atoms with E-state index in [9.17, 15) is 0 Å². The average molecular weight is 1280 g/mol. The molecule has 0 radical (unpaired) electrons. The van der Waals surface area contributed by atoms with Crippen LogP contribution in [0.5, 0.6) is 0 Å². The number of rotatable bonds is 10. The van der Waals surface area contributed by atoms with Crippen LogP contribution in [0.1, 0.15) is 0 Å². The summed E-state index contributed by atoms with van der Waals surface area (Å²) in [7, 11) is 0. The summed E-state index contributed by atoms with van der Waals surface area (Å²) in [5.74, 6) is 1.31. The van der Waals surface area contributed by atoms with Gasteiger partial charge in [0.25, 0.3) is 0 Å². The fourth-order valence-corrected chi connectivity index (χ4v) is 14.9. The third-order valence-corrected chi connectivity index (χ3v) is 19.6. The number of hydrogen-bond donors (Lipinski definition) is 0. The van der Waals surface area contributed by atoms with E-state index in [4.69, 9.17) is 19.9 Å². The van der Waals surface area contributed by atoms with Crippen LogP contribution in [0.15, 0.2) is 364 Å².